The molecule has 0 heterocycles. The zero-order valence-corrected chi connectivity index (χ0v) is 8.02. The van der Waals surface area contributed by atoms with Gasteiger partial charge in [-0.3, -0.25) is 0 Å². The van der Waals surface area contributed by atoms with E-state index in [1.54, 1.807) is 25.1 Å². The molecule has 0 radical (unpaired) electrons. The Hall–Kier alpha value is -1.25. The Labute approximate surface area is 81.1 Å². The van der Waals surface area contributed by atoms with Crippen LogP contribution in [-0.2, 0) is 6.18 Å². The number of rotatable bonds is 1. The molecule has 14 heavy (non-hydrogen) atoms. The fraction of sp³-hybridized carbons (Fsp3) is 0.273. The van der Waals surface area contributed by atoms with Gasteiger partial charge in [-0.1, -0.05) is 24.3 Å². The van der Waals surface area contributed by atoms with Crippen LogP contribution in [0.15, 0.2) is 24.3 Å². The van der Waals surface area contributed by atoms with E-state index in [-0.39, 0.29) is 5.56 Å². The van der Waals surface area contributed by atoms with E-state index in [1.807, 2.05) is 0 Å². The van der Waals surface area contributed by atoms with Crippen LogP contribution >= 0.6 is 0 Å². The molecule has 0 saturated carbocycles. The highest BCUT2D eigenvalue weighted by atomic mass is 19.4. The third-order valence-electron chi connectivity index (χ3n) is 1.93. The standard InChI is InChI=1S/C11H11F3/c1-3-4-9-6-5-8(2)10(7-9)11(12,13)14/h3-7H,1-2H3/b4-3+. The summed E-state index contributed by atoms with van der Waals surface area (Å²) >= 11 is 0. The van der Waals surface area contributed by atoms with E-state index < -0.39 is 11.7 Å². The number of hydrogen-bond donors (Lipinski definition) is 0. The van der Waals surface area contributed by atoms with Crippen molar-refractivity contribution >= 4 is 6.08 Å². The van der Waals surface area contributed by atoms with Crippen molar-refractivity contribution in [2.45, 2.75) is 20.0 Å². The lowest BCUT2D eigenvalue weighted by Crippen LogP contribution is -2.07. The summed E-state index contributed by atoms with van der Waals surface area (Å²) in [7, 11) is 0. The van der Waals surface area contributed by atoms with Crippen molar-refractivity contribution in [3.63, 3.8) is 0 Å². The average molecular weight is 200 g/mol. The first-order valence-corrected chi connectivity index (χ1v) is 4.25. The second-order valence-corrected chi connectivity index (χ2v) is 3.07. The van der Waals surface area contributed by atoms with Crippen LogP contribution in [-0.4, -0.2) is 0 Å². The molecule has 0 aliphatic carbocycles. The molecule has 0 spiro atoms. The van der Waals surface area contributed by atoms with Crippen molar-refractivity contribution < 1.29 is 13.2 Å². The summed E-state index contributed by atoms with van der Waals surface area (Å²) in [5, 5.41) is 0. The number of hydrogen-bond acceptors (Lipinski definition) is 0. The van der Waals surface area contributed by atoms with Gasteiger partial charge in [0.05, 0.1) is 5.56 Å². The Bertz CT molecular complexity index is 348. The topological polar surface area (TPSA) is 0 Å². The molecule has 76 valence electrons. The summed E-state index contributed by atoms with van der Waals surface area (Å²) in [4.78, 5) is 0. The lowest BCUT2D eigenvalue weighted by Gasteiger charge is -2.10. The SMILES string of the molecule is C/C=C/c1ccc(C)c(C(F)(F)F)c1. The summed E-state index contributed by atoms with van der Waals surface area (Å²) in [6.07, 6.45) is -0.902. The predicted octanol–water partition coefficient (Wildman–Crippen LogP) is 4.05. The Kier molecular flexibility index (Phi) is 2.99. The zero-order chi connectivity index (χ0) is 10.8. The summed E-state index contributed by atoms with van der Waals surface area (Å²) < 4.78 is 37.3. The molecule has 0 bridgehead atoms. The van der Waals surface area contributed by atoms with Crippen LogP contribution in [0.3, 0.4) is 0 Å². The van der Waals surface area contributed by atoms with Gasteiger partial charge < -0.3 is 0 Å². The fourth-order valence-electron chi connectivity index (χ4n) is 1.24. The van der Waals surface area contributed by atoms with E-state index in [4.69, 9.17) is 0 Å². The van der Waals surface area contributed by atoms with Gasteiger partial charge in [0.1, 0.15) is 0 Å². The molecule has 0 atom stereocenters. The van der Waals surface area contributed by atoms with Crippen LogP contribution in [0.1, 0.15) is 23.6 Å². The lowest BCUT2D eigenvalue weighted by molar-refractivity contribution is -0.138. The maximum absolute atomic E-state index is 12.4. The minimum atomic E-state index is -4.26. The minimum absolute atomic E-state index is 0.255. The van der Waals surface area contributed by atoms with Crippen molar-refractivity contribution in [1.29, 1.82) is 0 Å². The van der Waals surface area contributed by atoms with Crippen molar-refractivity contribution in [3.05, 3.63) is 41.0 Å². The monoisotopic (exact) mass is 200 g/mol. The van der Waals surface area contributed by atoms with Gasteiger partial charge in [0.25, 0.3) is 0 Å². The molecule has 0 aliphatic heterocycles. The predicted molar refractivity (Wildman–Crippen MR) is 50.9 cm³/mol. The van der Waals surface area contributed by atoms with Gasteiger partial charge >= 0.3 is 6.18 Å². The molecule has 0 N–H and O–H groups in total. The number of halogens is 3. The molecule has 0 amide bonds. The zero-order valence-electron chi connectivity index (χ0n) is 8.02. The highest BCUT2D eigenvalue weighted by Crippen LogP contribution is 2.32. The first-order valence-electron chi connectivity index (χ1n) is 4.25. The first kappa shape index (κ1) is 10.8. The Balaban J connectivity index is 3.22. The van der Waals surface area contributed by atoms with E-state index in [2.05, 4.69) is 0 Å². The molecule has 0 saturated heterocycles. The summed E-state index contributed by atoms with van der Waals surface area (Å²) in [6.45, 7) is 3.23. The molecule has 3 heteroatoms. The van der Waals surface area contributed by atoms with E-state index >= 15 is 0 Å². The van der Waals surface area contributed by atoms with Gasteiger partial charge in [-0.2, -0.15) is 13.2 Å². The van der Waals surface area contributed by atoms with Crippen molar-refractivity contribution in [2.24, 2.45) is 0 Å². The molecule has 0 aromatic heterocycles. The summed E-state index contributed by atoms with van der Waals surface area (Å²) in [5.74, 6) is 0. The fourth-order valence-corrected chi connectivity index (χ4v) is 1.24. The second kappa shape index (κ2) is 3.86. The van der Waals surface area contributed by atoms with Gasteiger partial charge in [-0.25, -0.2) is 0 Å². The molecule has 0 aliphatic rings. The van der Waals surface area contributed by atoms with Gasteiger partial charge in [-0.05, 0) is 31.0 Å². The summed E-state index contributed by atoms with van der Waals surface area (Å²) in [6, 6.07) is 4.32. The number of alkyl halides is 3. The smallest absolute Gasteiger partial charge is 0.166 e. The van der Waals surface area contributed by atoms with E-state index in [9.17, 15) is 13.2 Å². The summed E-state index contributed by atoms with van der Waals surface area (Å²) in [5.41, 5.74) is 0.268. The highest BCUT2D eigenvalue weighted by molar-refractivity contribution is 5.51. The number of allylic oxidation sites excluding steroid dienone is 1. The maximum Gasteiger partial charge on any atom is 0.416 e. The lowest BCUT2D eigenvalue weighted by atomic mass is 10.0. The van der Waals surface area contributed by atoms with E-state index in [0.717, 1.165) is 6.07 Å². The Morgan fingerprint density at radius 3 is 2.36 bits per heavy atom. The first-order chi connectivity index (χ1) is 6.45. The molecule has 1 aromatic carbocycles. The van der Waals surface area contributed by atoms with Gasteiger partial charge in [0.2, 0.25) is 0 Å². The third kappa shape index (κ3) is 2.37. The number of aryl methyl sites for hydroxylation is 1. The van der Waals surface area contributed by atoms with Crippen LogP contribution in [0.25, 0.3) is 6.08 Å². The van der Waals surface area contributed by atoms with E-state index in [0.29, 0.717) is 5.56 Å². The minimum Gasteiger partial charge on any atom is -0.166 e. The van der Waals surface area contributed by atoms with Crippen molar-refractivity contribution in [3.8, 4) is 0 Å². The number of benzene rings is 1. The molecule has 0 nitrogen and oxygen atoms in total. The molecule has 1 aromatic rings. The quantitative estimate of drug-likeness (QED) is 0.641. The normalized spacial score (nSPS) is 12.4. The van der Waals surface area contributed by atoms with Crippen LogP contribution in [0, 0.1) is 6.92 Å². The van der Waals surface area contributed by atoms with E-state index in [1.165, 1.54) is 13.0 Å². The van der Waals surface area contributed by atoms with Crippen LogP contribution in [0.2, 0.25) is 0 Å². The average Bonchev–Trinajstić information content (AvgIpc) is 2.07. The highest BCUT2D eigenvalue weighted by Gasteiger charge is 2.32. The van der Waals surface area contributed by atoms with Crippen molar-refractivity contribution in [2.75, 3.05) is 0 Å². The van der Waals surface area contributed by atoms with Crippen LogP contribution in [0.4, 0.5) is 13.2 Å². The Morgan fingerprint density at radius 1 is 1.21 bits per heavy atom. The molecule has 1 rings (SSSR count). The van der Waals surface area contributed by atoms with Crippen molar-refractivity contribution in [1.82, 2.24) is 0 Å². The maximum atomic E-state index is 12.4. The van der Waals surface area contributed by atoms with Gasteiger partial charge in [0.15, 0.2) is 0 Å². The molecular formula is C11H11F3. The largest absolute Gasteiger partial charge is 0.416 e. The van der Waals surface area contributed by atoms with Gasteiger partial charge in [0, 0.05) is 0 Å². The van der Waals surface area contributed by atoms with Crippen LogP contribution in [0.5, 0.6) is 0 Å². The third-order valence-corrected chi connectivity index (χ3v) is 1.93. The second-order valence-electron chi connectivity index (χ2n) is 3.07. The molecule has 0 fully saturated rings. The van der Waals surface area contributed by atoms with Gasteiger partial charge in [-0.15, -0.1) is 0 Å². The Morgan fingerprint density at radius 2 is 1.86 bits per heavy atom. The van der Waals surface area contributed by atoms with Crippen LogP contribution < -0.4 is 0 Å². The molecule has 0 unspecified atom stereocenters. The molecular weight excluding hydrogens is 189 g/mol.